The van der Waals surface area contributed by atoms with E-state index < -0.39 is 0 Å². The molecular formula is C23H19IN6. The number of nitrogens with zero attached hydrogens (tertiary/aromatic N) is 5. The van der Waals surface area contributed by atoms with Crippen LogP contribution in [0.2, 0.25) is 0 Å². The molecule has 3 aromatic heterocycles. The molecule has 7 heteroatoms. The number of hydrogen-bond donors (Lipinski definition) is 1. The SMILES string of the molecule is Cc1ccccc1-c1cc2ccccc2nc1CCn1nc(I)c2c(N)ncnc21. The van der Waals surface area contributed by atoms with Gasteiger partial charge < -0.3 is 5.73 Å². The molecule has 2 aromatic carbocycles. The van der Waals surface area contributed by atoms with Crippen molar-refractivity contribution in [2.75, 3.05) is 5.73 Å². The number of fused-ring (bicyclic) bond motifs is 2. The third kappa shape index (κ3) is 3.28. The Labute approximate surface area is 187 Å². The van der Waals surface area contributed by atoms with Gasteiger partial charge in [-0.2, -0.15) is 5.10 Å². The fourth-order valence-electron chi connectivity index (χ4n) is 3.81. The molecule has 6 nitrogen and oxygen atoms in total. The van der Waals surface area contributed by atoms with Gasteiger partial charge in [-0.3, -0.25) is 4.98 Å². The Kier molecular flexibility index (Phi) is 4.82. The highest BCUT2D eigenvalue weighted by atomic mass is 127. The Hall–Kier alpha value is -3.07. The molecule has 0 amide bonds. The molecule has 0 atom stereocenters. The van der Waals surface area contributed by atoms with Crippen LogP contribution < -0.4 is 5.73 Å². The van der Waals surface area contributed by atoms with Crippen LogP contribution in [0, 0.1) is 10.6 Å². The van der Waals surface area contributed by atoms with Crippen molar-refractivity contribution in [2.45, 2.75) is 19.9 Å². The maximum absolute atomic E-state index is 6.04. The van der Waals surface area contributed by atoms with E-state index in [-0.39, 0.29) is 0 Å². The lowest BCUT2D eigenvalue weighted by Gasteiger charge is -2.13. The monoisotopic (exact) mass is 506 g/mol. The van der Waals surface area contributed by atoms with Crippen molar-refractivity contribution in [3.63, 3.8) is 0 Å². The topological polar surface area (TPSA) is 82.5 Å². The molecule has 5 rings (SSSR count). The average molecular weight is 506 g/mol. The van der Waals surface area contributed by atoms with E-state index in [1.807, 2.05) is 16.8 Å². The van der Waals surface area contributed by atoms with Crippen molar-refractivity contribution in [1.82, 2.24) is 24.7 Å². The van der Waals surface area contributed by atoms with E-state index in [1.165, 1.54) is 17.5 Å². The minimum absolute atomic E-state index is 0.458. The number of anilines is 1. The van der Waals surface area contributed by atoms with Gasteiger partial charge in [-0.25, -0.2) is 14.6 Å². The first-order chi connectivity index (χ1) is 14.6. The number of hydrogen-bond acceptors (Lipinski definition) is 5. The van der Waals surface area contributed by atoms with Crippen molar-refractivity contribution in [3.05, 3.63) is 75.9 Å². The summed E-state index contributed by atoms with van der Waals surface area (Å²) >= 11 is 2.18. The molecule has 2 N–H and O–H groups in total. The van der Waals surface area contributed by atoms with Crippen LogP contribution in [0.25, 0.3) is 33.1 Å². The van der Waals surface area contributed by atoms with Gasteiger partial charge in [-0.05, 0) is 52.8 Å². The first kappa shape index (κ1) is 18.9. The van der Waals surface area contributed by atoms with Gasteiger partial charge in [0.2, 0.25) is 0 Å². The van der Waals surface area contributed by atoms with Crippen molar-refractivity contribution in [1.29, 1.82) is 0 Å². The van der Waals surface area contributed by atoms with E-state index >= 15 is 0 Å². The van der Waals surface area contributed by atoms with Gasteiger partial charge in [0.15, 0.2) is 5.65 Å². The van der Waals surface area contributed by atoms with Gasteiger partial charge in [0, 0.05) is 23.9 Å². The summed E-state index contributed by atoms with van der Waals surface area (Å²) in [5.74, 6) is 0.458. The Bertz CT molecular complexity index is 1390. The van der Waals surface area contributed by atoms with Crippen LogP contribution in [0.1, 0.15) is 11.3 Å². The molecule has 30 heavy (non-hydrogen) atoms. The summed E-state index contributed by atoms with van der Waals surface area (Å²) in [6.07, 6.45) is 2.21. The van der Waals surface area contributed by atoms with E-state index in [4.69, 9.17) is 10.7 Å². The Morgan fingerprint density at radius 1 is 1.00 bits per heavy atom. The van der Waals surface area contributed by atoms with Crippen LogP contribution in [0.5, 0.6) is 0 Å². The molecule has 0 fully saturated rings. The minimum Gasteiger partial charge on any atom is -0.383 e. The summed E-state index contributed by atoms with van der Waals surface area (Å²) in [4.78, 5) is 13.5. The molecule has 0 aliphatic carbocycles. The smallest absolute Gasteiger partial charge is 0.164 e. The highest BCUT2D eigenvalue weighted by Crippen LogP contribution is 2.30. The maximum atomic E-state index is 6.04. The molecule has 0 aliphatic heterocycles. The summed E-state index contributed by atoms with van der Waals surface area (Å²) in [5, 5.41) is 6.59. The number of aromatic nitrogens is 5. The number of benzene rings is 2. The van der Waals surface area contributed by atoms with Crippen LogP contribution in [0.4, 0.5) is 5.82 Å². The summed E-state index contributed by atoms with van der Waals surface area (Å²) in [5.41, 5.74) is 12.4. The quantitative estimate of drug-likeness (QED) is 0.355. The van der Waals surface area contributed by atoms with E-state index in [1.54, 1.807) is 0 Å². The summed E-state index contributed by atoms with van der Waals surface area (Å²) in [7, 11) is 0. The summed E-state index contributed by atoms with van der Waals surface area (Å²) in [6, 6.07) is 18.9. The van der Waals surface area contributed by atoms with Crippen molar-refractivity contribution >= 4 is 50.3 Å². The summed E-state index contributed by atoms with van der Waals surface area (Å²) < 4.78 is 2.71. The lowest BCUT2D eigenvalue weighted by atomic mass is 9.96. The first-order valence-electron chi connectivity index (χ1n) is 9.69. The average Bonchev–Trinajstić information content (AvgIpc) is 3.09. The fourth-order valence-corrected chi connectivity index (χ4v) is 4.59. The number of para-hydroxylation sites is 1. The van der Waals surface area contributed by atoms with Crippen molar-refractivity contribution in [3.8, 4) is 11.1 Å². The first-order valence-corrected chi connectivity index (χ1v) is 10.8. The minimum atomic E-state index is 0.458. The number of nitrogen functional groups attached to an aromatic ring is 1. The van der Waals surface area contributed by atoms with Crippen LogP contribution >= 0.6 is 22.6 Å². The number of pyridine rings is 1. The highest BCUT2D eigenvalue weighted by Gasteiger charge is 2.15. The normalized spacial score (nSPS) is 11.4. The Morgan fingerprint density at radius 2 is 1.80 bits per heavy atom. The number of aryl methyl sites for hydroxylation is 3. The molecule has 0 aliphatic rings. The third-order valence-electron chi connectivity index (χ3n) is 5.31. The molecular weight excluding hydrogens is 487 g/mol. The molecule has 3 heterocycles. The molecule has 0 radical (unpaired) electrons. The van der Waals surface area contributed by atoms with Gasteiger partial charge in [0.05, 0.1) is 16.6 Å². The van der Waals surface area contributed by atoms with Gasteiger partial charge in [0.1, 0.15) is 15.8 Å². The van der Waals surface area contributed by atoms with Crippen molar-refractivity contribution in [2.24, 2.45) is 0 Å². The molecule has 148 valence electrons. The van der Waals surface area contributed by atoms with Crippen LogP contribution in [0.3, 0.4) is 0 Å². The van der Waals surface area contributed by atoms with Gasteiger partial charge in [-0.15, -0.1) is 0 Å². The van der Waals surface area contributed by atoms with E-state index in [0.717, 1.165) is 43.3 Å². The van der Waals surface area contributed by atoms with Gasteiger partial charge in [0.25, 0.3) is 0 Å². The van der Waals surface area contributed by atoms with E-state index in [0.29, 0.717) is 12.4 Å². The number of nitrogens with two attached hydrogens (primary N) is 1. The number of rotatable bonds is 4. The Balaban J connectivity index is 1.60. The largest absolute Gasteiger partial charge is 0.383 e. The van der Waals surface area contributed by atoms with Crippen molar-refractivity contribution < 1.29 is 0 Å². The lowest BCUT2D eigenvalue weighted by molar-refractivity contribution is 0.620. The molecule has 0 unspecified atom stereocenters. The molecule has 0 saturated carbocycles. The predicted molar refractivity (Wildman–Crippen MR) is 128 cm³/mol. The fraction of sp³-hybridized carbons (Fsp3) is 0.130. The maximum Gasteiger partial charge on any atom is 0.164 e. The third-order valence-corrected chi connectivity index (χ3v) is 6.07. The molecule has 5 aromatic rings. The van der Waals surface area contributed by atoms with Gasteiger partial charge >= 0.3 is 0 Å². The van der Waals surface area contributed by atoms with Gasteiger partial charge in [-0.1, -0.05) is 42.5 Å². The highest BCUT2D eigenvalue weighted by molar-refractivity contribution is 14.1. The zero-order valence-electron chi connectivity index (χ0n) is 16.4. The van der Waals surface area contributed by atoms with Crippen LogP contribution in [0.15, 0.2) is 60.9 Å². The zero-order valence-corrected chi connectivity index (χ0v) is 18.5. The second kappa shape index (κ2) is 7.64. The van der Waals surface area contributed by atoms with E-state index in [2.05, 4.69) is 87.0 Å². The molecule has 0 bridgehead atoms. The second-order valence-corrected chi connectivity index (χ2v) is 8.23. The standard InChI is InChI=1S/C23H19IN6/c1-14-6-2-4-8-16(14)17-12-15-7-3-5-9-18(15)28-19(17)10-11-30-23-20(21(24)29-30)22(25)26-13-27-23/h2-9,12-13H,10-11H2,1H3,(H2,25,26,27). The summed E-state index contributed by atoms with van der Waals surface area (Å²) in [6.45, 7) is 2.79. The van der Waals surface area contributed by atoms with Crippen LogP contribution in [-0.4, -0.2) is 24.7 Å². The molecule has 0 spiro atoms. The predicted octanol–water partition coefficient (Wildman–Crippen LogP) is 4.78. The van der Waals surface area contributed by atoms with Crippen LogP contribution in [-0.2, 0) is 13.0 Å². The van der Waals surface area contributed by atoms with E-state index in [9.17, 15) is 0 Å². The zero-order chi connectivity index (χ0) is 20.7. The number of halogens is 1. The molecule has 0 saturated heterocycles. The second-order valence-electron chi connectivity index (χ2n) is 7.21. The Morgan fingerprint density at radius 3 is 2.67 bits per heavy atom. The lowest BCUT2D eigenvalue weighted by Crippen LogP contribution is -2.07.